The Balaban J connectivity index is 2.03. The third kappa shape index (κ3) is 2.56. The van der Waals surface area contributed by atoms with Crippen LogP contribution in [0, 0.1) is 5.92 Å². The Labute approximate surface area is 125 Å². The minimum Gasteiger partial charge on any atom is -0.366 e. The molecule has 2 atom stereocenters. The van der Waals surface area contributed by atoms with E-state index in [1.165, 1.54) is 11.3 Å². The summed E-state index contributed by atoms with van der Waals surface area (Å²) in [6.07, 6.45) is 2.04. The number of H-pyrrole nitrogens is 1. The molecule has 0 aliphatic heterocycles. The summed E-state index contributed by atoms with van der Waals surface area (Å²) < 4.78 is 0. The molecule has 4 heteroatoms. The van der Waals surface area contributed by atoms with Gasteiger partial charge in [-0.2, -0.15) is 0 Å². The summed E-state index contributed by atoms with van der Waals surface area (Å²) >= 11 is 0. The molecule has 0 radical (unpaired) electrons. The topological polar surface area (TPSA) is 70.9 Å². The van der Waals surface area contributed by atoms with E-state index in [1.54, 1.807) is 6.07 Å². The van der Waals surface area contributed by atoms with Gasteiger partial charge in [-0.1, -0.05) is 20.8 Å². The highest BCUT2D eigenvalue weighted by molar-refractivity contribution is 5.98. The lowest BCUT2D eigenvalue weighted by molar-refractivity contribution is 0.100. The maximum atomic E-state index is 11.4. The monoisotopic (exact) mass is 285 g/mol. The van der Waals surface area contributed by atoms with Crippen molar-refractivity contribution in [1.29, 1.82) is 0 Å². The molecule has 1 aromatic carbocycles. The van der Waals surface area contributed by atoms with E-state index in [2.05, 4.69) is 31.1 Å². The van der Waals surface area contributed by atoms with Crippen molar-refractivity contribution in [2.75, 3.05) is 0 Å². The molecule has 0 bridgehead atoms. The number of rotatable bonds is 3. The van der Waals surface area contributed by atoms with Gasteiger partial charge in [-0.05, 0) is 42.5 Å². The second kappa shape index (κ2) is 5.19. The maximum absolute atomic E-state index is 11.4. The van der Waals surface area contributed by atoms with E-state index < -0.39 is 0 Å². The highest BCUT2D eigenvalue weighted by Gasteiger charge is 2.28. The first-order valence-corrected chi connectivity index (χ1v) is 7.65. The Bertz CT molecular complexity index is 687. The second-order valence-electron chi connectivity index (χ2n) is 6.52. The Kier molecular flexibility index (Phi) is 3.49. The van der Waals surface area contributed by atoms with Crippen molar-refractivity contribution in [3.63, 3.8) is 0 Å². The summed E-state index contributed by atoms with van der Waals surface area (Å²) in [4.78, 5) is 14.9. The number of carbonyl (C=O) groups excluding carboxylic acids is 1. The van der Waals surface area contributed by atoms with Crippen LogP contribution in [-0.4, -0.2) is 23.0 Å². The first-order chi connectivity index (χ1) is 9.95. The lowest BCUT2D eigenvalue weighted by atomic mass is 9.83. The average molecular weight is 285 g/mol. The van der Waals surface area contributed by atoms with E-state index in [0.29, 0.717) is 23.6 Å². The van der Waals surface area contributed by atoms with Crippen molar-refractivity contribution in [2.24, 2.45) is 11.7 Å². The fourth-order valence-electron chi connectivity index (χ4n) is 3.40. The van der Waals surface area contributed by atoms with Crippen LogP contribution >= 0.6 is 0 Å². The van der Waals surface area contributed by atoms with Crippen LogP contribution in [0.25, 0.3) is 10.9 Å². The predicted molar refractivity (Wildman–Crippen MR) is 85.4 cm³/mol. The average Bonchev–Trinajstić information content (AvgIpc) is 2.75. The van der Waals surface area contributed by atoms with Gasteiger partial charge in [0.15, 0.2) is 0 Å². The molecule has 1 aliphatic carbocycles. The summed E-state index contributed by atoms with van der Waals surface area (Å²) in [5.74, 6) is 0.233. The van der Waals surface area contributed by atoms with Crippen LogP contribution in [-0.2, 0) is 12.8 Å². The predicted octanol–water partition coefficient (Wildman–Crippen LogP) is 2.37. The molecule has 2 aromatic rings. The molecule has 0 spiro atoms. The van der Waals surface area contributed by atoms with E-state index in [0.717, 1.165) is 23.7 Å². The van der Waals surface area contributed by atoms with Gasteiger partial charge >= 0.3 is 0 Å². The number of hydrogen-bond donors (Lipinski definition) is 3. The Morgan fingerprint density at radius 2 is 2.14 bits per heavy atom. The molecular formula is C17H23N3O. The number of amides is 1. The van der Waals surface area contributed by atoms with E-state index in [-0.39, 0.29) is 5.91 Å². The molecule has 1 aliphatic rings. The van der Waals surface area contributed by atoms with Gasteiger partial charge in [-0.3, -0.25) is 4.79 Å². The van der Waals surface area contributed by atoms with Crippen molar-refractivity contribution in [3.8, 4) is 0 Å². The molecule has 0 saturated carbocycles. The Morgan fingerprint density at radius 1 is 1.38 bits per heavy atom. The number of carbonyl (C=O) groups is 1. The summed E-state index contributed by atoms with van der Waals surface area (Å²) in [7, 11) is 0. The quantitative estimate of drug-likeness (QED) is 0.810. The van der Waals surface area contributed by atoms with Gasteiger partial charge in [0.1, 0.15) is 0 Å². The number of nitrogens with one attached hydrogen (secondary N) is 2. The molecule has 1 heterocycles. The van der Waals surface area contributed by atoms with Crippen molar-refractivity contribution >= 4 is 16.8 Å². The molecule has 1 aromatic heterocycles. The zero-order chi connectivity index (χ0) is 15.1. The van der Waals surface area contributed by atoms with Crippen molar-refractivity contribution < 1.29 is 4.79 Å². The van der Waals surface area contributed by atoms with E-state index in [1.807, 2.05) is 12.1 Å². The van der Waals surface area contributed by atoms with Crippen molar-refractivity contribution in [2.45, 2.75) is 45.7 Å². The molecule has 112 valence electrons. The Morgan fingerprint density at radius 3 is 2.81 bits per heavy atom. The molecule has 21 heavy (non-hydrogen) atoms. The lowest BCUT2D eigenvalue weighted by Crippen LogP contribution is -2.43. The van der Waals surface area contributed by atoms with Crippen LogP contribution in [0.15, 0.2) is 18.2 Å². The zero-order valence-corrected chi connectivity index (χ0v) is 12.9. The second-order valence-corrected chi connectivity index (χ2v) is 6.52. The van der Waals surface area contributed by atoms with Crippen LogP contribution in [0.2, 0.25) is 0 Å². The van der Waals surface area contributed by atoms with E-state index in [9.17, 15) is 4.79 Å². The van der Waals surface area contributed by atoms with Gasteiger partial charge in [-0.25, -0.2) is 0 Å². The molecular weight excluding hydrogens is 262 g/mol. The van der Waals surface area contributed by atoms with E-state index >= 15 is 0 Å². The number of benzene rings is 1. The third-order valence-electron chi connectivity index (χ3n) is 4.46. The number of hydrogen-bond acceptors (Lipinski definition) is 2. The number of nitrogens with two attached hydrogens (primary N) is 1. The first kappa shape index (κ1) is 14.1. The molecule has 4 nitrogen and oxygen atoms in total. The minimum atomic E-state index is -0.368. The van der Waals surface area contributed by atoms with Gasteiger partial charge in [0.05, 0.1) is 0 Å². The van der Waals surface area contributed by atoms with Crippen molar-refractivity contribution in [1.82, 2.24) is 10.3 Å². The smallest absolute Gasteiger partial charge is 0.248 e. The van der Waals surface area contributed by atoms with Crippen LogP contribution in [0.4, 0.5) is 0 Å². The van der Waals surface area contributed by atoms with Gasteiger partial charge in [0.25, 0.3) is 0 Å². The number of fused-ring (bicyclic) bond motifs is 3. The standard InChI is InChI=1S/C17H23N3O/c1-9(2)19-15-8-13-12-7-11(17(18)21)4-5-14(12)20-16(13)6-10(15)3/h4-5,7,9-10,15,19-20H,6,8H2,1-3H3,(H2,18,21)/t10?,15-/m0/s1. The zero-order valence-electron chi connectivity index (χ0n) is 12.9. The third-order valence-corrected chi connectivity index (χ3v) is 4.46. The highest BCUT2D eigenvalue weighted by Crippen LogP contribution is 2.32. The van der Waals surface area contributed by atoms with Crippen LogP contribution in [0.5, 0.6) is 0 Å². The Hall–Kier alpha value is -1.81. The molecule has 4 N–H and O–H groups in total. The van der Waals surface area contributed by atoms with Gasteiger partial charge in [0, 0.05) is 34.2 Å². The first-order valence-electron chi connectivity index (χ1n) is 7.65. The molecule has 0 fully saturated rings. The van der Waals surface area contributed by atoms with Crippen LogP contribution in [0.3, 0.4) is 0 Å². The summed E-state index contributed by atoms with van der Waals surface area (Å²) in [5.41, 5.74) is 9.73. The van der Waals surface area contributed by atoms with Crippen LogP contribution in [0.1, 0.15) is 42.4 Å². The normalized spacial score (nSPS) is 21.7. The lowest BCUT2D eigenvalue weighted by Gasteiger charge is -2.31. The summed E-state index contributed by atoms with van der Waals surface area (Å²) in [6, 6.07) is 6.64. The number of aromatic nitrogens is 1. The minimum absolute atomic E-state index is 0.368. The molecule has 1 unspecified atom stereocenters. The summed E-state index contributed by atoms with van der Waals surface area (Å²) in [5, 5.41) is 4.80. The number of aromatic amines is 1. The van der Waals surface area contributed by atoms with E-state index in [4.69, 9.17) is 5.73 Å². The fourth-order valence-corrected chi connectivity index (χ4v) is 3.40. The van der Waals surface area contributed by atoms with Gasteiger partial charge in [-0.15, -0.1) is 0 Å². The van der Waals surface area contributed by atoms with Crippen molar-refractivity contribution in [3.05, 3.63) is 35.0 Å². The van der Waals surface area contributed by atoms with Gasteiger partial charge in [0.2, 0.25) is 5.91 Å². The largest absolute Gasteiger partial charge is 0.366 e. The SMILES string of the molecule is CC(C)N[C@H]1Cc2c([nH]c3ccc(C(N)=O)cc23)CC1C. The molecule has 1 amide bonds. The molecule has 0 saturated heterocycles. The molecule has 3 rings (SSSR count). The van der Waals surface area contributed by atoms with Crippen LogP contribution < -0.4 is 11.1 Å². The highest BCUT2D eigenvalue weighted by atomic mass is 16.1. The fraction of sp³-hybridized carbons (Fsp3) is 0.471. The maximum Gasteiger partial charge on any atom is 0.248 e. The summed E-state index contributed by atoms with van der Waals surface area (Å²) in [6.45, 7) is 6.66. The number of primary amides is 1. The van der Waals surface area contributed by atoms with Gasteiger partial charge < -0.3 is 16.0 Å².